The third kappa shape index (κ3) is 4.48. The maximum atomic E-state index is 13.8. The second-order valence-electron chi connectivity index (χ2n) is 10.8. The molecular formula is C32H34N4O. The molecular weight excluding hydrogens is 456 g/mol. The summed E-state index contributed by atoms with van der Waals surface area (Å²) in [6.45, 7) is 6.26. The van der Waals surface area contributed by atoms with Crippen molar-refractivity contribution in [2.45, 2.75) is 51.0 Å². The van der Waals surface area contributed by atoms with Gasteiger partial charge in [-0.1, -0.05) is 79.7 Å². The average Bonchev–Trinajstić information content (AvgIpc) is 3.75. The van der Waals surface area contributed by atoms with E-state index in [2.05, 4.69) is 71.7 Å². The molecule has 1 aliphatic carbocycles. The summed E-state index contributed by atoms with van der Waals surface area (Å²) in [4.78, 5) is 26.0. The highest BCUT2D eigenvalue weighted by Crippen LogP contribution is 2.54. The number of amides is 1. The number of nitrogens with one attached hydrogen (secondary N) is 1. The monoisotopic (exact) mass is 490 g/mol. The van der Waals surface area contributed by atoms with E-state index in [9.17, 15) is 4.79 Å². The lowest BCUT2D eigenvalue weighted by atomic mass is 9.89. The molecule has 3 aromatic carbocycles. The summed E-state index contributed by atoms with van der Waals surface area (Å²) in [5, 5.41) is 5.60. The molecule has 1 saturated carbocycles. The van der Waals surface area contributed by atoms with Gasteiger partial charge in [-0.25, -0.2) is 9.97 Å². The van der Waals surface area contributed by atoms with Crippen molar-refractivity contribution in [3.05, 3.63) is 101 Å². The standard InChI is InChI=1S/C32H34N4O/c1-22-10-9-19-36(21-22)31-33-20-28(29(35-31)32(17-18-32)25-13-4-3-5-14-25)30(37)34-23(2)26-16-8-12-24-11-6-7-15-27(24)26/h3-8,11-16,20,22-23H,9-10,17-19,21H2,1-2H3,(H,34,37)/t22?,23-/m1/s1. The van der Waals surface area contributed by atoms with E-state index in [1.165, 1.54) is 17.4 Å². The lowest BCUT2D eigenvalue weighted by Gasteiger charge is -2.32. The number of piperidine rings is 1. The Labute approximate surface area is 219 Å². The van der Waals surface area contributed by atoms with Crippen LogP contribution in [0.4, 0.5) is 5.95 Å². The van der Waals surface area contributed by atoms with Crippen LogP contribution in [0.5, 0.6) is 0 Å². The van der Waals surface area contributed by atoms with E-state index in [4.69, 9.17) is 9.97 Å². The van der Waals surface area contributed by atoms with Gasteiger partial charge in [0.05, 0.1) is 17.3 Å². The van der Waals surface area contributed by atoms with Gasteiger partial charge >= 0.3 is 0 Å². The minimum Gasteiger partial charge on any atom is -0.345 e. The first kappa shape index (κ1) is 23.7. The fourth-order valence-corrected chi connectivity index (χ4v) is 5.95. The maximum absolute atomic E-state index is 13.8. The first-order valence-electron chi connectivity index (χ1n) is 13.5. The van der Waals surface area contributed by atoms with Gasteiger partial charge in [0.2, 0.25) is 5.95 Å². The maximum Gasteiger partial charge on any atom is 0.255 e. The summed E-state index contributed by atoms with van der Waals surface area (Å²) < 4.78 is 0. The molecule has 2 heterocycles. The summed E-state index contributed by atoms with van der Waals surface area (Å²) in [5.74, 6) is 1.26. The number of nitrogens with zero attached hydrogens (tertiary/aromatic N) is 3. The number of aromatic nitrogens is 2. The molecule has 0 bridgehead atoms. The van der Waals surface area contributed by atoms with Crippen molar-refractivity contribution in [3.8, 4) is 0 Å². The summed E-state index contributed by atoms with van der Waals surface area (Å²) in [7, 11) is 0. The van der Waals surface area contributed by atoms with Crippen molar-refractivity contribution in [2.24, 2.45) is 5.92 Å². The molecule has 188 valence electrons. The zero-order valence-corrected chi connectivity index (χ0v) is 21.7. The summed E-state index contributed by atoms with van der Waals surface area (Å²) in [5.41, 5.74) is 3.56. The number of carbonyl (C=O) groups is 1. The van der Waals surface area contributed by atoms with E-state index in [1.807, 2.05) is 25.1 Å². The van der Waals surface area contributed by atoms with Gasteiger partial charge < -0.3 is 10.2 Å². The predicted molar refractivity (Wildman–Crippen MR) is 149 cm³/mol. The van der Waals surface area contributed by atoms with Gasteiger partial charge in [0, 0.05) is 24.7 Å². The molecule has 1 unspecified atom stereocenters. The van der Waals surface area contributed by atoms with E-state index in [1.54, 1.807) is 6.20 Å². The highest BCUT2D eigenvalue weighted by atomic mass is 16.1. The molecule has 1 amide bonds. The minimum absolute atomic E-state index is 0.115. The first-order valence-corrected chi connectivity index (χ1v) is 13.5. The van der Waals surface area contributed by atoms with E-state index in [-0.39, 0.29) is 17.4 Å². The largest absolute Gasteiger partial charge is 0.345 e. The van der Waals surface area contributed by atoms with Crippen LogP contribution in [0.1, 0.15) is 72.8 Å². The Morgan fingerprint density at radius 3 is 2.57 bits per heavy atom. The van der Waals surface area contributed by atoms with Crippen LogP contribution in [0.2, 0.25) is 0 Å². The van der Waals surface area contributed by atoms with Gasteiger partial charge in [0.25, 0.3) is 5.91 Å². The van der Waals surface area contributed by atoms with Crippen LogP contribution < -0.4 is 10.2 Å². The van der Waals surface area contributed by atoms with Gasteiger partial charge in [-0.15, -0.1) is 0 Å². The van der Waals surface area contributed by atoms with Crippen molar-refractivity contribution in [2.75, 3.05) is 18.0 Å². The Balaban J connectivity index is 1.37. The Morgan fingerprint density at radius 1 is 1.03 bits per heavy atom. The molecule has 5 heteroatoms. The molecule has 1 N–H and O–H groups in total. The molecule has 37 heavy (non-hydrogen) atoms. The quantitative estimate of drug-likeness (QED) is 0.338. The zero-order chi connectivity index (χ0) is 25.4. The highest BCUT2D eigenvalue weighted by Gasteiger charge is 2.49. The van der Waals surface area contributed by atoms with E-state index < -0.39 is 0 Å². The Kier molecular flexibility index (Phi) is 6.15. The predicted octanol–water partition coefficient (Wildman–Crippen LogP) is 6.44. The molecule has 0 spiro atoms. The van der Waals surface area contributed by atoms with E-state index in [0.29, 0.717) is 11.5 Å². The molecule has 2 aliphatic rings. The molecule has 0 radical (unpaired) electrons. The highest BCUT2D eigenvalue weighted by molar-refractivity contribution is 5.96. The number of rotatable bonds is 6. The molecule has 1 saturated heterocycles. The lowest BCUT2D eigenvalue weighted by molar-refractivity contribution is 0.0937. The Bertz CT molecular complexity index is 1420. The lowest BCUT2D eigenvalue weighted by Crippen LogP contribution is -2.36. The summed E-state index contributed by atoms with van der Waals surface area (Å²) in [6.07, 6.45) is 6.13. The zero-order valence-electron chi connectivity index (χ0n) is 21.7. The number of benzene rings is 3. The SMILES string of the molecule is CC1CCCN(c2ncc(C(=O)N[C@H](C)c3cccc4ccccc34)c(C3(c4ccccc4)CC3)n2)C1. The van der Waals surface area contributed by atoms with E-state index in [0.717, 1.165) is 54.9 Å². The van der Waals surface area contributed by atoms with Crippen molar-refractivity contribution in [1.82, 2.24) is 15.3 Å². The number of carbonyl (C=O) groups excluding carboxylic acids is 1. The number of fused-ring (bicyclic) bond motifs is 1. The van der Waals surface area contributed by atoms with Crippen molar-refractivity contribution in [1.29, 1.82) is 0 Å². The summed E-state index contributed by atoms with van der Waals surface area (Å²) in [6, 6.07) is 24.9. The van der Waals surface area contributed by atoms with Crippen molar-refractivity contribution < 1.29 is 4.79 Å². The second-order valence-corrected chi connectivity index (χ2v) is 10.8. The van der Waals surface area contributed by atoms with Crippen LogP contribution >= 0.6 is 0 Å². The first-order chi connectivity index (χ1) is 18.0. The van der Waals surface area contributed by atoms with Gasteiger partial charge in [-0.3, -0.25) is 4.79 Å². The topological polar surface area (TPSA) is 58.1 Å². The van der Waals surface area contributed by atoms with Gasteiger partial charge in [-0.05, 0) is 60.4 Å². The van der Waals surface area contributed by atoms with Crippen LogP contribution in [0.25, 0.3) is 10.8 Å². The molecule has 2 fully saturated rings. The molecule has 5 nitrogen and oxygen atoms in total. The summed E-state index contributed by atoms with van der Waals surface area (Å²) >= 11 is 0. The van der Waals surface area contributed by atoms with Crippen molar-refractivity contribution in [3.63, 3.8) is 0 Å². The molecule has 2 atom stereocenters. The fourth-order valence-electron chi connectivity index (χ4n) is 5.95. The number of hydrogen-bond donors (Lipinski definition) is 1. The Hall–Kier alpha value is -3.73. The van der Waals surface area contributed by atoms with Crippen molar-refractivity contribution >= 4 is 22.6 Å². The smallest absolute Gasteiger partial charge is 0.255 e. The number of hydrogen-bond acceptors (Lipinski definition) is 4. The number of anilines is 1. The molecule has 4 aromatic rings. The average molecular weight is 491 g/mol. The third-order valence-electron chi connectivity index (χ3n) is 8.13. The third-order valence-corrected chi connectivity index (χ3v) is 8.13. The Morgan fingerprint density at radius 2 is 1.78 bits per heavy atom. The van der Waals surface area contributed by atoms with E-state index >= 15 is 0 Å². The molecule has 1 aliphatic heterocycles. The van der Waals surface area contributed by atoms with Crippen LogP contribution in [-0.4, -0.2) is 29.0 Å². The van der Waals surface area contributed by atoms with Gasteiger partial charge in [0.1, 0.15) is 0 Å². The second kappa shape index (κ2) is 9.62. The van der Waals surface area contributed by atoms with Crippen LogP contribution in [0, 0.1) is 5.92 Å². The molecule has 6 rings (SSSR count). The van der Waals surface area contributed by atoms with Gasteiger partial charge in [0.15, 0.2) is 0 Å². The van der Waals surface area contributed by atoms with Crippen LogP contribution in [-0.2, 0) is 5.41 Å². The van der Waals surface area contributed by atoms with Crippen LogP contribution in [0.3, 0.4) is 0 Å². The van der Waals surface area contributed by atoms with Gasteiger partial charge in [-0.2, -0.15) is 0 Å². The normalized spacial score (nSPS) is 19.4. The van der Waals surface area contributed by atoms with Crippen LogP contribution in [0.15, 0.2) is 79.0 Å². The minimum atomic E-state index is -0.226. The molecule has 1 aromatic heterocycles. The fraction of sp³-hybridized carbons (Fsp3) is 0.344.